The van der Waals surface area contributed by atoms with Crippen LogP contribution >= 0.6 is 11.6 Å². The number of ether oxygens (including phenoxy) is 1. The van der Waals surface area contributed by atoms with Crippen LogP contribution in [0.3, 0.4) is 0 Å². The van der Waals surface area contributed by atoms with Gasteiger partial charge < -0.3 is 9.15 Å². The molecule has 3 heterocycles. The minimum Gasteiger partial charge on any atom is -0.464 e. The third-order valence-corrected chi connectivity index (χ3v) is 5.10. The number of halogens is 1. The van der Waals surface area contributed by atoms with Crippen molar-refractivity contribution in [2.75, 3.05) is 0 Å². The number of hydrogen-bond acceptors (Lipinski definition) is 4. The SMILES string of the molecule is Cc1ccc(C2=NN3[C@H](C2)c2cc(Cl)ccc2O[C@@H]3c2ccccc2)o1. The first kappa shape index (κ1) is 15.5. The van der Waals surface area contributed by atoms with E-state index >= 15 is 0 Å². The molecule has 2 aliphatic heterocycles. The van der Waals surface area contributed by atoms with Gasteiger partial charge in [0.2, 0.25) is 6.23 Å². The lowest BCUT2D eigenvalue weighted by Crippen LogP contribution is -2.33. The van der Waals surface area contributed by atoms with E-state index in [2.05, 4.69) is 12.1 Å². The maximum atomic E-state index is 6.31. The minimum absolute atomic E-state index is 0.0723. The van der Waals surface area contributed by atoms with Gasteiger partial charge in [0.25, 0.3) is 0 Å². The number of aryl methyl sites for hydroxylation is 1. The summed E-state index contributed by atoms with van der Waals surface area (Å²) in [5, 5.41) is 7.60. The smallest absolute Gasteiger partial charge is 0.213 e. The van der Waals surface area contributed by atoms with E-state index in [-0.39, 0.29) is 12.3 Å². The van der Waals surface area contributed by atoms with Gasteiger partial charge in [-0.1, -0.05) is 41.9 Å². The Hall–Kier alpha value is -2.72. The highest BCUT2D eigenvalue weighted by molar-refractivity contribution is 6.30. The van der Waals surface area contributed by atoms with Crippen LogP contribution in [-0.2, 0) is 0 Å². The second kappa shape index (κ2) is 5.92. The molecule has 0 N–H and O–H groups in total. The third kappa shape index (κ3) is 2.49. The fourth-order valence-electron chi connectivity index (χ4n) is 3.63. The quantitative estimate of drug-likeness (QED) is 0.604. The van der Waals surface area contributed by atoms with Crippen molar-refractivity contribution in [1.82, 2.24) is 5.01 Å². The van der Waals surface area contributed by atoms with Gasteiger partial charge in [0.15, 0.2) is 0 Å². The second-order valence-electron chi connectivity index (χ2n) is 6.62. The van der Waals surface area contributed by atoms with Crippen molar-refractivity contribution in [3.8, 4) is 5.75 Å². The summed E-state index contributed by atoms with van der Waals surface area (Å²) in [6.45, 7) is 1.94. The topological polar surface area (TPSA) is 38.0 Å². The lowest BCUT2D eigenvalue weighted by molar-refractivity contribution is -0.0190. The van der Waals surface area contributed by atoms with Crippen LogP contribution in [0, 0.1) is 6.92 Å². The Morgan fingerprint density at radius 2 is 1.92 bits per heavy atom. The van der Waals surface area contributed by atoms with Crippen molar-refractivity contribution in [1.29, 1.82) is 0 Å². The average Bonchev–Trinajstić information content (AvgIpc) is 3.28. The molecule has 0 amide bonds. The zero-order valence-corrected chi connectivity index (χ0v) is 15.0. The second-order valence-corrected chi connectivity index (χ2v) is 7.06. The molecule has 0 bridgehead atoms. The molecular weight excluding hydrogens is 348 g/mol. The van der Waals surface area contributed by atoms with Gasteiger partial charge in [-0.15, -0.1) is 0 Å². The van der Waals surface area contributed by atoms with Gasteiger partial charge in [-0.05, 0) is 37.3 Å². The summed E-state index contributed by atoms with van der Waals surface area (Å²) in [6.07, 6.45) is 0.482. The molecule has 3 aromatic rings. The van der Waals surface area contributed by atoms with E-state index in [0.717, 1.165) is 40.5 Å². The van der Waals surface area contributed by atoms with Gasteiger partial charge in [0, 0.05) is 22.6 Å². The first-order valence-corrected chi connectivity index (χ1v) is 9.00. The molecule has 4 nitrogen and oxygen atoms in total. The molecular formula is C21H17ClN2O2. The fourth-order valence-corrected chi connectivity index (χ4v) is 3.81. The molecule has 0 fully saturated rings. The Labute approximate surface area is 156 Å². The first-order valence-electron chi connectivity index (χ1n) is 8.63. The Bertz CT molecular complexity index is 996. The lowest BCUT2D eigenvalue weighted by atomic mass is 9.97. The first-order chi connectivity index (χ1) is 12.7. The van der Waals surface area contributed by atoms with E-state index in [1.165, 1.54) is 0 Å². The molecule has 26 heavy (non-hydrogen) atoms. The van der Waals surface area contributed by atoms with E-state index in [1.807, 2.05) is 60.5 Å². The zero-order valence-electron chi connectivity index (χ0n) is 14.2. The predicted molar refractivity (Wildman–Crippen MR) is 100 cm³/mol. The molecule has 5 rings (SSSR count). The molecule has 1 aromatic heterocycles. The molecule has 2 aliphatic rings. The standard InChI is InChI=1S/C21H17ClN2O2/c1-13-7-9-20(25-13)17-12-18-16-11-15(22)8-10-19(16)26-21(24(18)23-17)14-5-3-2-4-6-14/h2-11,18,21H,12H2,1H3/t18-,21-/m1/s1. The molecule has 0 unspecified atom stereocenters. The monoisotopic (exact) mass is 364 g/mol. The fraction of sp³-hybridized carbons (Fsp3) is 0.190. The third-order valence-electron chi connectivity index (χ3n) is 4.86. The summed E-state index contributed by atoms with van der Waals surface area (Å²) in [5.74, 6) is 2.55. The zero-order chi connectivity index (χ0) is 17.7. The van der Waals surface area contributed by atoms with Gasteiger partial charge in [-0.2, -0.15) is 5.10 Å². The maximum Gasteiger partial charge on any atom is 0.213 e. The number of furan rings is 1. The minimum atomic E-state index is -0.275. The van der Waals surface area contributed by atoms with E-state index in [0.29, 0.717) is 5.02 Å². The molecule has 130 valence electrons. The largest absolute Gasteiger partial charge is 0.464 e. The average molecular weight is 365 g/mol. The summed E-state index contributed by atoms with van der Waals surface area (Å²) >= 11 is 6.25. The summed E-state index contributed by atoms with van der Waals surface area (Å²) in [7, 11) is 0. The Morgan fingerprint density at radius 3 is 2.69 bits per heavy atom. The van der Waals surface area contributed by atoms with Crippen LogP contribution in [0.25, 0.3) is 0 Å². The van der Waals surface area contributed by atoms with Crippen LogP contribution < -0.4 is 4.74 Å². The number of hydrazone groups is 1. The summed E-state index contributed by atoms with van der Waals surface area (Å²) < 4.78 is 12.1. The Morgan fingerprint density at radius 1 is 1.08 bits per heavy atom. The van der Waals surface area contributed by atoms with Crippen LogP contribution in [0.4, 0.5) is 0 Å². The molecule has 0 radical (unpaired) electrons. The lowest BCUT2D eigenvalue weighted by Gasteiger charge is -2.38. The van der Waals surface area contributed by atoms with Gasteiger partial charge in [-0.25, -0.2) is 5.01 Å². The van der Waals surface area contributed by atoms with Crippen LogP contribution in [0.2, 0.25) is 5.02 Å². The maximum absolute atomic E-state index is 6.31. The van der Waals surface area contributed by atoms with E-state index < -0.39 is 0 Å². The highest BCUT2D eigenvalue weighted by Gasteiger charge is 2.41. The van der Waals surface area contributed by atoms with Crippen molar-refractivity contribution in [2.45, 2.75) is 25.6 Å². The van der Waals surface area contributed by atoms with Gasteiger partial charge in [0.05, 0.1) is 6.04 Å². The molecule has 5 heteroatoms. The Balaban J connectivity index is 1.61. The number of nitrogens with zero attached hydrogens (tertiary/aromatic N) is 2. The van der Waals surface area contributed by atoms with Crippen LogP contribution in [0.5, 0.6) is 5.75 Å². The molecule has 2 atom stereocenters. The van der Waals surface area contributed by atoms with Crippen LogP contribution in [0.1, 0.15) is 41.3 Å². The number of hydrogen-bond donors (Lipinski definition) is 0. The number of benzene rings is 2. The molecule has 0 aliphatic carbocycles. The highest BCUT2D eigenvalue weighted by atomic mass is 35.5. The van der Waals surface area contributed by atoms with Crippen molar-refractivity contribution in [3.63, 3.8) is 0 Å². The van der Waals surface area contributed by atoms with Crippen LogP contribution in [0.15, 0.2) is 70.2 Å². The van der Waals surface area contributed by atoms with Crippen molar-refractivity contribution < 1.29 is 9.15 Å². The molecule has 0 saturated heterocycles. The van der Waals surface area contributed by atoms with Crippen LogP contribution in [-0.4, -0.2) is 10.7 Å². The van der Waals surface area contributed by atoms with E-state index in [4.69, 9.17) is 25.9 Å². The van der Waals surface area contributed by atoms with Crippen molar-refractivity contribution in [3.05, 3.63) is 88.3 Å². The van der Waals surface area contributed by atoms with Gasteiger partial charge in [0.1, 0.15) is 23.0 Å². The van der Waals surface area contributed by atoms with Crippen molar-refractivity contribution in [2.24, 2.45) is 5.10 Å². The molecule has 0 spiro atoms. The molecule has 2 aromatic carbocycles. The summed E-state index contributed by atoms with van der Waals surface area (Å²) in [5.41, 5.74) is 3.06. The number of rotatable bonds is 2. The van der Waals surface area contributed by atoms with Gasteiger partial charge in [-0.3, -0.25) is 0 Å². The normalized spacial score (nSPS) is 21.0. The predicted octanol–water partition coefficient (Wildman–Crippen LogP) is 5.48. The van der Waals surface area contributed by atoms with Crippen molar-refractivity contribution >= 4 is 17.3 Å². The number of fused-ring (bicyclic) bond motifs is 3. The Kier molecular flexibility index (Phi) is 3.54. The van der Waals surface area contributed by atoms with E-state index in [9.17, 15) is 0 Å². The highest BCUT2D eigenvalue weighted by Crippen LogP contribution is 2.48. The molecule has 0 saturated carbocycles. The van der Waals surface area contributed by atoms with Gasteiger partial charge >= 0.3 is 0 Å². The summed E-state index contributed by atoms with van der Waals surface area (Å²) in [6, 6.07) is 20.0. The van der Waals surface area contributed by atoms with E-state index in [1.54, 1.807) is 0 Å². The summed E-state index contributed by atoms with van der Waals surface area (Å²) in [4.78, 5) is 0.